The molecule has 1 aliphatic heterocycles. The lowest BCUT2D eigenvalue weighted by molar-refractivity contribution is -0.347. The van der Waals surface area contributed by atoms with Crippen LogP contribution < -0.4 is 0 Å². The zero-order valence-corrected chi connectivity index (χ0v) is 10.7. The lowest BCUT2D eigenvalue weighted by atomic mass is 10.3. The second kappa shape index (κ2) is 5.66. The molecule has 104 valence electrons. The van der Waals surface area contributed by atoms with Crippen molar-refractivity contribution in [3.8, 4) is 0 Å². The maximum absolute atomic E-state index is 11.7. The number of carbonyl (C=O) groups is 3. The zero-order valence-electron chi connectivity index (χ0n) is 10.7. The predicted octanol–water partition coefficient (Wildman–Crippen LogP) is 0.452. The zero-order chi connectivity index (χ0) is 14.6. The molecule has 1 heterocycles. The quantitative estimate of drug-likeness (QED) is 0.416. The van der Waals surface area contributed by atoms with Gasteiger partial charge in [-0.2, -0.15) is 0 Å². The molecule has 1 aliphatic rings. The summed E-state index contributed by atoms with van der Waals surface area (Å²) in [5, 5.41) is 0. The predicted molar refractivity (Wildman–Crippen MR) is 61.5 cm³/mol. The number of esters is 3. The van der Waals surface area contributed by atoms with Crippen LogP contribution in [0.4, 0.5) is 0 Å². The van der Waals surface area contributed by atoms with Crippen LogP contribution in [-0.4, -0.2) is 37.1 Å². The molecule has 0 aromatic carbocycles. The van der Waals surface area contributed by atoms with Crippen LogP contribution in [0.25, 0.3) is 0 Å². The fourth-order valence-electron chi connectivity index (χ4n) is 1.04. The Morgan fingerprint density at radius 3 is 1.95 bits per heavy atom. The average Bonchev–Trinajstić information content (AvgIpc) is 2.32. The van der Waals surface area contributed by atoms with Gasteiger partial charge in [0.05, 0.1) is 6.61 Å². The van der Waals surface area contributed by atoms with Crippen LogP contribution in [0, 0.1) is 0 Å². The van der Waals surface area contributed by atoms with Crippen molar-refractivity contribution >= 4 is 17.9 Å². The van der Waals surface area contributed by atoms with E-state index in [-0.39, 0.29) is 24.4 Å². The van der Waals surface area contributed by atoms with Gasteiger partial charge in [-0.05, 0) is 13.8 Å². The molecule has 0 aromatic rings. The molecule has 1 saturated heterocycles. The van der Waals surface area contributed by atoms with Gasteiger partial charge in [0.2, 0.25) is 0 Å². The number of hydrogen-bond acceptors (Lipinski definition) is 7. The smallest absolute Gasteiger partial charge is 0.455 e. The summed E-state index contributed by atoms with van der Waals surface area (Å²) in [4.78, 5) is 34.7. The maximum Gasteiger partial charge on any atom is 0.482 e. The molecule has 0 N–H and O–H groups in total. The largest absolute Gasteiger partial charge is 0.482 e. The van der Waals surface area contributed by atoms with Gasteiger partial charge in [0.15, 0.2) is 0 Å². The van der Waals surface area contributed by atoms with Crippen LogP contribution in [0.1, 0.15) is 13.8 Å². The summed E-state index contributed by atoms with van der Waals surface area (Å²) in [6.07, 6.45) is 0. The van der Waals surface area contributed by atoms with E-state index in [0.717, 1.165) is 0 Å². The third-order valence-electron chi connectivity index (χ3n) is 2.01. The maximum atomic E-state index is 11.7. The first kappa shape index (κ1) is 14.9. The van der Waals surface area contributed by atoms with E-state index in [9.17, 15) is 14.4 Å². The second-order valence-corrected chi connectivity index (χ2v) is 3.88. The first-order chi connectivity index (χ1) is 8.78. The van der Waals surface area contributed by atoms with Gasteiger partial charge in [0.1, 0.15) is 6.61 Å². The van der Waals surface area contributed by atoms with Crippen LogP contribution in [0.3, 0.4) is 0 Å². The normalized spacial score (nSPS) is 17.1. The summed E-state index contributed by atoms with van der Waals surface area (Å²) in [7, 11) is 0. The van der Waals surface area contributed by atoms with E-state index in [1.165, 1.54) is 13.8 Å². The average molecular weight is 270 g/mol. The summed E-state index contributed by atoms with van der Waals surface area (Å²) in [6, 6.07) is 0. The van der Waals surface area contributed by atoms with E-state index in [1.807, 2.05) is 0 Å². The molecule has 1 rings (SSSR count). The van der Waals surface area contributed by atoms with Gasteiger partial charge in [-0.3, -0.25) is 4.74 Å². The third-order valence-corrected chi connectivity index (χ3v) is 2.01. The SMILES string of the molecule is C=C(C)C(=O)OC1(OC(=O)C(=C)C)OCCOC1=O. The monoisotopic (exact) mass is 270 g/mol. The topological polar surface area (TPSA) is 88.1 Å². The molecule has 0 amide bonds. The Morgan fingerprint density at radius 1 is 1.11 bits per heavy atom. The van der Waals surface area contributed by atoms with Crippen molar-refractivity contribution in [3.63, 3.8) is 0 Å². The Hall–Kier alpha value is -2.15. The molecule has 7 heteroatoms. The molecule has 0 aliphatic carbocycles. The molecule has 0 aromatic heterocycles. The highest BCUT2D eigenvalue weighted by Crippen LogP contribution is 2.24. The number of hydrogen-bond donors (Lipinski definition) is 0. The molecule has 0 spiro atoms. The van der Waals surface area contributed by atoms with Crippen molar-refractivity contribution in [1.29, 1.82) is 0 Å². The summed E-state index contributed by atoms with van der Waals surface area (Å²) in [5.74, 6) is -5.56. The van der Waals surface area contributed by atoms with E-state index >= 15 is 0 Å². The van der Waals surface area contributed by atoms with Gasteiger partial charge in [-0.15, -0.1) is 0 Å². The highest BCUT2D eigenvalue weighted by molar-refractivity contribution is 5.93. The van der Waals surface area contributed by atoms with Crippen LogP contribution in [0.15, 0.2) is 24.3 Å². The first-order valence-electron chi connectivity index (χ1n) is 5.37. The Bertz CT molecular complexity index is 421. The number of carbonyl (C=O) groups excluding carboxylic acids is 3. The van der Waals surface area contributed by atoms with Crippen LogP contribution in [0.2, 0.25) is 0 Å². The molecule has 0 unspecified atom stereocenters. The molecular weight excluding hydrogens is 256 g/mol. The molecule has 1 fully saturated rings. The lowest BCUT2D eigenvalue weighted by Gasteiger charge is -2.32. The summed E-state index contributed by atoms with van der Waals surface area (Å²) < 4.78 is 19.2. The molecule has 0 radical (unpaired) electrons. The van der Waals surface area contributed by atoms with E-state index in [0.29, 0.717) is 0 Å². The van der Waals surface area contributed by atoms with Crippen LogP contribution in [-0.2, 0) is 33.3 Å². The number of rotatable bonds is 4. The van der Waals surface area contributed by atoms with Crippen molar-refractivity contribution in [2.45, 2.75) is 19.8 Å². The van der Waals surface area contributed by atoms with Gasteiger partial charge < -0.3 is 14.2 Å². The van der Waals surface area contributed by atoms with E-state index in [1.54, 1.807) is 0 Å². The van der Waals surface area contributed by atoms with E-state index in [2.05, 4.69) is 17.9 Å². The van der Waals surface area contributed by atoms with E-state index in [4.69, 9.17) is 14.2 Å². The highest BCUT2D eigenvalue weighted by atomic mass is 16.9. The minimum atomic E-state index is -2.54. The molecule has 19 heavy (non-hydrogen) atoms. The van der Waals surface area contributed by atoms with Gasteiger partial charge in [-0.25, -0.2) is 14.4 Å². The minimum absolute atomic E-state index is 0.00715. The van der Waals surface area contributed by atoms with Gasteiger partial charge in [-0.1, -0.05) is 13.2 Å². The molecule has 7 nitrogen and oxygen atoms in total. The summed E-state index contributed by atoms with van der Waals surface area (Å²) in [5.41, 5.74) is 0.0143. The second-order valence-electron chi connectivity index (χ2n) is 3.88. The van der Waals surface area contributed by atoms with Crippen molar-refractivity contribution in [2.75, 3.05) is 13.2 Å². The Kier molecular flexibility index (Phi) is 4.44. The van der Waals surface area contributed by atoms with E-state index < -0.39 is 23.9 Å². The fraction of sp³-hybridized carbons (Fsp3) is 0.417. The lowest BCUT2D eigenvalue weighted by Crippen LogP contribution is -2.54. The van der Waals surface area contributed by atoms with Gasteiger partial charge in [0.25, 0.3) is 0 Å². The van der Waals surface area contributed by atoms with Crippen LogP contribution in [0.5, 0.6) is 0 Å². The number of cyclic esters (lactones) is 1. The number of ether oxygens (including phenoxy) is 4. The summed E-state index contributed by atoms with van der Waals surface area (Å²) >= 11 is 0. The van der Waals surface area contributed by atoms with Crippen molar-refractivity contribution < 1.29 is 33.3 Å². The van der Waals surface area contributed by atoms with Crippen molar-refractivity contribution in [3.05, 3.63) is 24.3 Å². The Morgan fingerprint density at radius 2 is 1.58 bits per heavy atom. The Labute approximate surface area is 109 Å². The Balaban J connectivity index is 2.99. The standard InChI is InChI=1S/C12H14O7/c1-7(2)9(13)18-12(19-10(14)8(3)4)11(15)16-5-6-17-12/h1,3,5-6H2,2,4H3. The van der Waals surface area contributed by atoms with Crippen molar-refractivity contribution in [1.82, 2.24) is 0 Å². The molecular formula is C12H14O7. The fourth-order valence-corrected chi connectivity index (χ4v) is 1.04. The third kappa shape index (κ3) is 3.41. The van der Waals surface area contributed by atoms with Crippen LogP contribution >= 0.6 is 0 Å². The van der Waals surface area contributed by atoms with Crippen molar-refractivity contribution in [2.24, 2.45) is 0 Å². The molecule has 0 atom stereocenters. The molecule has 0 saturated carbocycles. The molecule has 0 bridgehead atoms. The first-order valence-corrected chi connectivity index (χ1v) is 5.37. The van der Waals surface area contributed by atoms with Gasteiger partial charge in [0, 0.05) is 11.1 Å². The summed E-state index contributed by atoms with van der Waals surface area (Å²) in [6.45, 7) is 9.32. The minimum Gasteiger partial charge on any atom is -0.455 e. The van der Waals surface area contributed by atoms with Gasteiger partial charge >= 0.3 is 23.9 Å². The highest BCUT2D eigenvalue weighted by Gasteiger charge is 2.53.